The molecule has 19 heavy (non-hydrogen) atoms. The van der Waals surface area contributed by atoms with E-state index < -0.39 is 17.7 Å². The largest absolute Gasteiger partial charge is 0.388 e. The average Bonchev–Trinajstić information content (AvgIpc) is 2.37. The van der Waals surface area contributed by atoms with Gasteiger partial charge >= 0.3 is 0 Å². The fraction of sp³-hybridized carbons (Fsp3) is 0.143. The molecule has 0 fully saturated rings. The average molecular weight is 303 g/mol. The molecule has 0 aliphatic carbocycles. The van der Waals surface area contributed by atoms with E-state index >= 15 is 0 Å². The molecule has 1 atom stereocenters. The molecule has 0 amide bonds. The lowest BCUT2D eigenvalue weighted by molar-refractivity contribution is 0.177. The Bertz CT molecular complexity index is 602. The monoisotopic (exact) mass is 302 g/mol. The summed E-state index contributed by atoms with van der Waals surface area (Å²) in [5, 5.41) is 10.6. The highest BCUT2D eigenvalue weighted by molar-refractivity contribution is 6.42. The van der Waals surface area contributed by atoms with Crippen molar-refractivity contribution >= 4 is 23.2 Å². The van der Waals surface area contributed by atoms with Gasteiger partial charge in [-0.05, 0) is 29.8 Å². The van der Waals surface area contributed by atoms with Crippen molar-refractivity contribution in [2.24, 2.45) is 0 Å². The molecule has 100 valence electrons. The number of benzene rings is 2. The van der Waals surface area contributed by atoms with Crippen molar-refractivity contribution in [3.05, 3.63) is 69.2 Å². The van der Waals surface area contributed by atoms with Crippen LogP contribution in [0.3, 0.4) is 0 Å². The topological polar surface area (TPSA) is 20.2 Å². The Morgan fingerprint density at radius 2 is 1.84 bits per heavy atom. The van der Waals surface area contributed by atoms with Gasteiger partial charge in [-0.25, -0.2) is 8.78 Å². The summed E-state index contributed by atoms with van der Waals surface area (Å²) in [4.78, 5) is 0. The fourth-order valence-electron chi connectivity index (χ4n) is 1.80. The third kappa shape index (κ3) is 3.24. The normalized spacial score (nSPS) is 12.5. The first-order valence-electron chi connectivity index (χ1n) is 5.55. The van der Waals surface area contributed by atoms with Crippen LogP contribution in [-0.2, 0) is 6.42 Å². The first-order chi connectivity index (χ1) is 8.99. The number of hydrogen-bond donors (Lipinski definition) is 1. The maximum Gasteiger partial charge on any atom is 0.126 e. The van der Waals surface area contributed by atoms with Crippen molar-refractivity contribution in [2.45, 2.75) is 12.5 Å². The Balaban J connectivity index is 2.28. The zero-order valence-corrected chi connectivity index (χ0v) is 11.2. The van der Waals surface area contributed by atoms with Gasteiger partial charge in [0.2, 0.25) is 0 Å². The summed E-state index contributed by atoms with van der Waals surface area (Å²) in [5.41, 5.74) is 0.473. The van der Waals surface area contributed by atoms with Crippen LogP contribution in [0, 0.1) is 11.6 Å². The van der Waals surface area contributed by atoms with Gasteiger partial charge < -0.3 is 5.11 Å². The Hall–Kier alpha value is -1.16. The van der Waals surface area contributed by atoms with Crippen LogP contribution in [-0.4, -0.2) is 5.11 Å². The molecule has 1 nitrogen and oxygen atoms in total. The molecule has 0 aliphatic heterocycles. The second-order valence-corrected chi connectivity index (χ2v) is 4.88. The smallest absolute Gasteiger partial charge is 0.126 e. The molecule has 2 aromatic rings. The molecule has 1 N–H and O–H groups in total. The predicted octanol–water partition coefficient (Wildman–Crippen LogP) is 4.55. The van der Waals surface area contributed by atoms with Crippen molar-refractivity contribution in [1.82, 2.24) is 0 Å². The van der Waals surface area contributed by atoms with E-state index in [0.717, 1.165) is 18.2 Å². The van der Waals surface area contributed by atoms with E-state index in [4.69, 9.17) is 23.2 Å². The molecule has 0 saturated carbocycles. The van der Waals surface area contributed by atoms with Crippen LogP contribution < -0.4 is 0 Å². The Kier molecular flexibility index (Phi) is 4.40. The molecular formula is C14H10Cl2F2O. The molecule has 0 bridgehead atoms. The molecule has 0 saturated heterocycles. The summed E-state index contributed by atoms with van der Waals surface area (Å²) in [6.07, 6.45) is -1.13. The highest BCUT2D eigenvalue weighted by Crippen LogP contribution is 2.31. The lowest BCUT2D eigenvalue weighted by Gasteiger charge is -2.14. The van der Waals surface area contributed by atoms with Gasteiger partial charge in [0.05, 0.1) is 16.1 Å². The molecule has 2 rings (SSSR count). The lowest BCUT2D eigenvalue weighted by atomic mass is 10.0. The second-order valence-electron chi connectivity index (χ2n) is 4.10. The number of aliphatic hydroxyl groups is 1. The van der Waals surface area contributed by atoms with Crippen LogP contribution in [0.15, 0.2) is 36.4 Å². The minimum Gasteiger partial charge on any atom is -0.388 e. The minimum absolute atomic E-state index is 0.0797. The molecule has 0 spiro atoms. The lowest BCUT2D eigenvalue weighted by Crippen LogP contribution is -2.05. The maximum atomic E-state index is 13.5. The summed E-state index contributed by atoms with van der Waals surface area (Å²) >= 11 is 11.8. The summed E-state index contributed by atoms with van der Waals surface area (Å²) < 4.78 is 26.5. The molecule has 2 aromatic carbocycles. The molecule has 0 aromatic heterocycles. The second kappa shape index (κ2) is 5.87. The Labute approximate surface area is 119 Å². The summed E-state index contributed by atoms with van der Waals surface area (Å²) in [5.74, 6) is -1.13. The number of aliphatic hydroxyl groups excluding tert-OH is 1. The van der Waals surface area contributed by atoms with Crippen molar-refractivity contribution in [3.8, 4) is 0 Å². The zero-order chi connectivity index (χ0) is 14.0. The number of halogens is 4. The van der Waals surface area contributed by atoms with Gasteiger partial charge in [-0.15, -0.1) is 0 Å². The summed E-state index contributed by atoms with van der Waals surface area (Å²) in [6.45, 7) is 0. The SMILES string of the molecule is OC(Cc1cc(F)ccc1F)c1cccc(Cl)c1Cl. The van der Waals surface area contributed by atoms with Crippen LogP contribution in [0.5, 0.6) is 0 Å². The molecule has 5 heteroatoms. The van der Waals surface area contributed by atoms with Gasteiger partial charge in [-0.3, -0.25) is 0 Å². The maximum absolute atomic E-state index is 13.5. The van der Waals surface area contributed by atoms with E-state index in [9.17, 15) is 13.9 Å². The van der Waals surface area contributed by atoms with Crippen molar-refractivity contribution in [3.63, 3.8) is 0 Å². The van der Waals surface area contributed by atoms with Gasteiger partial charge in [-0.1, -0.05) is 35.3 Å². The zero-order valence-electron chi connectivity index (χ0n) is 9.71. The van der Waals surface area contributed by atoms with E-state index in [-0.39, 0.29) is 17.0 Å². The van der Waals surface area contributed by atoms with Crippen LogP contribution in [0.25, 0.3) is 0 Å². The first kappa shape index (κ1) is 14.3. The van der Waals surface area contributed by atoms with E-state index in [0.29, 0.717) is 10.6 Å². The van der Waals surface area contributed by atoms with Crippen molar-refractivity contribution < 1.29 is 13.9 Å². The fourth-order valence-corrected chi connectivity index (χ4v) is 2.23. The van der Waals surface area contributed by atoms with Gasteiger partial charge in [0.1, 0.15) is 11.6 Å². The quantitative estimate of drug-likeness (QED) is 0.882. The van der Waals surface area contributed by atoms with Crippen LogP contribution in [0.1, 0.15) is 17.2 Å². The van der Waals surface area contributed by atoms with Crippen LogP contribution >= 0.6 is 23.2 Å². The molecule has 0 heterocycles. The highest BCUT2D eigenvalue weighted by atomic mass is 35.5. The third-order valence-electron chi connectivity index (χ3n) is 2.76. The Morgan fingerprint density at radius 1 is 1.11 bits per heavy atom. The van der Waals surface area contributed by atoms with Gasteiger partial charge in [0, 0.05) is 12.0 Å². The van der Waals surface area contributed by atoms with Gasteiger partial charge in [0.15, 0.2) is 0 Å². The van der Waals surface area contributed by atoms with Crippen molar-refractivity contribution in [2.75, 3.05) is 0 Å². The standard InChI is InChI=1S/C14H10Cl2F2O/c15-11-3-1-2-10(14(11)16)13(19)7-8-6-9(17)4-5-12(8)18/h1-6,13,19H,7H2. The van der Waals surface area contributed by atoms with Gasteiger partial charge in [0.25, 0.3) is 0 Å². The molecule has 1 unspecified atom stereocenters. The predicted molar refractivity (Wildman–Crippen MR) is 71.5 cm³/mol. The highest BCUT2D eigenvalue weighted by Gasteiger charge is 2.16. The Morgan fingerprint density at radius 3 is 2.58 bits per heavy atom. The van der Waals surface area contributed by atoms with Gasteiger partial charge in [-0.2, -0.15) is 0 Å². The summed E-state index contributed by atoms with van der Waals surface area (Å²) in [6, 6.07) is 7.92. The summed E-state index contributed by atoms with van der Waals surface area (Å²) in [7, 11) is 0. The van der Waals surface area contributed by atoms with Crippen LogP contribution in [0.4, 0.5) is 8.78 Å². The third-order valence-corrected chi connectivity index (χ3v) is 3.60. The molecule has 0 radical (unpaired) electrons. The van der Waals surface area contributed by atoms with E-state index in [2.05, 4.69) is 0 Å². The van der Waals surface area contributed by atoms with E-state index in [1.165, 1.54) is 0 Å². The van der Waals surface area contributed by atoms with Crippen LogP contribution in [0.2, 0.25) is 10.0 Å². The van der Waals surface area contributed by atoms with Crippen molar-refractivity contribution in [1.29, 1.82) is 0 Å². The molecular weight excluding hydrogens is 293 g/mol. The number of hydrogen-bond acceptors (Lipinski definition) is 1. The molecule has 0 aliphatic rings. The van der Waals surface area contributed by atoms with E-state index in [1.54, 1.807) is 18.2 Å². The minimum atomic E-state index is -1.05. The number of rotatable bonds is 3. The first-order valence-corrected chi connectivity index (χ1v) is 6.30. The van der Waals surface area contributed by atoms with E-state index in [1.807, 2.05) is 0 Å².